The van der Waals surface area contributed by atoms with Gasteiger partial charge in [-0.2, -0.15) is 0 Å². The second kappa shape index (κ2) is 9.87. The highest BCUT2D eigenvalue weighted by molar-refractivity contribution is 7.93. The topological polar surface area (TPSA) is 102 Å². The van der Waals surface area contributed by atoms with Crippen LogP contribution in [0.5, 0.6) is 5.75 Å². The summed E-state index contributed by atoms with van der Waals surface area (Å²) in [6.45, 7) is 0. The van der Waals surface area contributed by atoms with Gasteiger partial charge in [-0.25, -0.2) is 21.8 Å². The first kappa shape index (κ1) is 25.3. The molecule has 0 radical (unpaired) electrons. The number of thiazole rings is 1. The molecule has 0 unspecified atom stereocenters. The van der Waals surface area contributed by atoms with Gasteiger partial charge in [0.2, 0.25) is 0 Å². The number of ether oxygens (including phenoxy) is 1. The van der Waals surface area contributed by atoms with Crippen molar-refractivity contribution >= 4 is 47.9 Å². The molecule has 7 nitrogen and oxygen atoms in total. The lowest BCUT2D eigenvalue weighted by atomic mass is 10.1. The van der Waals surface area contributed by atoms with Crippen LogP contribution in [0.1, 0.15) is 12.0 Å². The van der Waals surface area contributed by atoms with Crippen molar-refractivity contribution < 1.29 is 34.7 Å². The van der Waals surface area contributed by atoms with Gasteiger partial charge >= 0.3 is 6.36 Å². The van der Waals surface area contributed by atoms with Crippen LogP contribution in [0, 0.1) is 0 Å². The van der Waals surface area contributed by atoms with E-state index in [0.29, 0.717) is 16.3 Å². The van der Waals surface area contributed by atoms with Gasteiger partial charge in [-0.05, 0) is 54.8 Å². The SMILES string of the molecule is O=S(=O)(CCCc1ccc(OC(F)(F)F)cc1)c1ccc(S(=O)(=O)Nc2ncc(Cl)s2)cc1. The largest absolute Gasteiger partial charge is 0.573 e. The number of sulfonamides is 1. The summed E-state index contributed by atoms with van der Waals surface area (Å²) in [4.78, 5) is 3.61. The van der Waals surface area contributed by atoms with Crippen molar-refractivity contribution in [1.29, 1.82) is 0 Å². The molecule has 0 bridgehead atoms. The highest BCUT2D eigenvalue weighted by Crippen LogP contribution is 2.26. The van der Waals surface area contributed by atoms with E-state index in [2.05, 4.69) is 14.4 Å². The molecule has 0 aliphatic rings. The van der Waals surface area contributed by atoms with Crippen LogP contribution in [0.4, 0.5) is 18.3 Å². The number of aryl methyl sites for hydroxylation is 1. The minimum atomic E-state index is -4.78. The molecule has 178 valence electrons. The third-order valence-electron chi connectivity index (χ3n) is 4.23. The molecule has 0 aliphatic carbocycles. The Morgan fingerprint density at radius 1 is 0.970 bits per heavy atom. The zero-order valence-electron chi connectivity index (χ0n) is 16.5. The number of nitrogens with zero attached hydrogens (tertiary/aromatic N) is 1. The molecule has 0 saturated heterocycles. The summed E-state index contributed by atoms with van der Waals surface area (Å²) in [6, 6.07) is 9.90. The Labute approximate surface area is 197 Å². The smallest absolute Gasteiger partial charge is 0.406 e. The minimum Gasteiger partial charge on any atom is -0.406 e. The van der Waals surface area contributed by atoms with Gasteiger partial charge in [0.15, 0.2) is 15.0 Å². The lowest BCUT2D eigenvalue weighted by Gasteiger charge is -2.09. The van der Waals surface area contributed by atoms with E-state index < -0.39 is 26.2 Å². The fraction of sp³-hybridized carbons (Fsp3) is 0.211. The van der Waals surface area contributed by atoms with E-state index in [-0.39, 0.29) is 32.8 Å². The Morgan fingerprint density at radius 3 is 2.12 bits per heavy atom. The summed E-state index contributed by atoms with van der Waals surface area (Å²) in [5, 5.41) is 0.0784. The van der Waals surface area contributed by atoms with E-state index in [1.807, 2.05) is 0 Å². The number of anilines is 1. The van der Waals surface area contributed by atoms with Crippen LogP contribution in [0.2, 0.25) is 4.34 Å². The van der Waals surface area contributed by atoms with Crippen molar-refractivity contribution in [1.82, 2.24) is 4.98 Å². The number of aromatic nitrogens is 1. The van der Waals surface area contributed by atoms with Crippen LogP contribution in [0.3, 0.4) is 0 Å². The average molecular weight is 541 g/mol. The van der Waals surface area contributed by atoms with Crippen molar-refractivity contribution in [3.63, 3.8) is 0 Å². The Kier molecular flexibility index (Phi) is 7.56. The zero-order chi connectivity index (χ0) is 24.3. The fourth-order valence-electron chi connectivity index (χ4n) is 2.74. The van der Waals surface area contributed by atoms with E-state index in [1.165, 1.54) is 42.6 Å². The molecule has 0 spiro atoms. The number of nitrogens with one attached hydrogen (secondary N) is 1. The normalized spacial score (nSPS) is 12.5. The summed E-state index contributed by atoms with van der Waals surface area (Å²) >= 11 is 6.66. The lowest BCUT2D eigenvalue weighted by molar-refractivity contribution is -0.274. The van der Waals surface area contributed by atoms with Gasteiger partial charge in [-0.1, -0.05) is 35.1 Å². The number of alkyl halides is 3. The van der Waals surface area contributed by atoms with E-state index >= 15 is 0 Å². The Bertz CT molecular complexity index is 1310. The second-order valence-corrected chi connectivity index (χ2v) is 12.1. The Morgan fingerprint density at radius 2 is 1.58 bits per heavy atom. The van der Waals surface area contributed by atoms with E-state index in [4.69, 9.17) is 11.6 Å². The average Bonchev–Trinajstić information content (AvgIpc) is 3.12. The summed E-state index contributed by atoms with van der Waals surface area (Å²) < 4.78 is 92.8. The predicted octanol–water partition coefficient (Wildman–Crippen LogP) is 4.90. The molecule has 1 aromatic heterocycles. The third kappa shape index (κ3) is 7.32. The van der Waals surface area contributed by atoms with Crippen LogP contribution in [0.25, 0.3) is 0 Å². The first-order chi connectivity index (χ1) is 15.3. The maximum absolute atomic E-state index is 12.6. The predicted molar refractivity (Wildman–Crippen MR) is 118 cm³/mol. The molecular formula is C19H16ClF3N2O5S3. The third-order valence-corrected chi connectivity index (χ3v) is 8.56. The maximum atomic E-state index is 12.6. The van der Waals surface area contributed by atoms with Gasteiger partial charge < -0.3 is 4.74 Å². The Balaban J connectivity index is 1.59. The lowest BCUT2D eigenvalue weighted by Crippen LogP contribution is -2.17. The molecule has 3 aromatic rings. The van der Waals surface area contributed by atoms with Crippen molar-refractivity contribution in [2.45, 2.75) is 29.0 Å². The number of sulfone groups is 1. The first-order valence-corrected chi connectivity index (χ1v) is 13.5. The molecular weight excluding hydrogens is 525 g/mol. The zero-order valence-corrected chi connectivity index (χ0v) is 19.7. The van der Waals surface area contributed by atoms with Gasteiger partial charge in [0.1, 0.15) is 10.1 Å². The number of hydrogen-bond acceptors (Lipinski definition) is 7. The van der Waals surface area contributed by atoms with Crippen LogP contribution in [-0.4, -0.2) is 33.9 Å². The molecule has 0 amide bonds. The second-order valence-electron chi connectivity index (χ2n) is 6.66. The molecule has 3 rings (SSSR count). The van der Waals surface area contributed by atoms with Gasteiger partial charge in [-0.3, -0.25) is 4.72 Å². The molecule has 0 aliphatic heterocycles. The standard InChI is InChI=1S/C19H16ClF3N2O5S3/c20-17-12-24-18(31-17)25-33(28,29)16-9-7-15(8-10-16)32(26,27)11-1-2-13-3-5-14(6-4-13)30-19(21,22)23/h3-10,12H,1-2,11H2,(H,24,25). The number of benzene rings is 2. The molecule has 0 fully saturated rings. The number of hydrogen-bond donors (Lipinski definition) is 1. The summed E-state index contributed by atoms with van der Waals surface area (Å²) in [5.41, 5.74) is 0.648. The summed E-state index contributed by atoms with van der Waals surface area (Å²) in [6.07, 6.45) is -2.95. The highest BCUT2D eigenvalue weighted by Gasteiger charge is 2.31. The summed E-state index contributed by atoms with van der Waals surface area (Å²) in [5.74, 6) is -0.586. The highest BCUT2D eigenvalue weighted by atomic mass is 35.5. The summed E-state index contributed by atoms with van der Waals surface area (Å²) in [7, 11) is -7.66. The van der Waals surface area contributed by atoms with Crippen LogP contribution in [0.15, 0.2) is 64.5 Å². The van der Waals surface area contributed by atoms with Gasteiger partial charge in [-0.15, -0.1) is 13.2 Å². The molecule has 0 saturated carbocycles. The van der Waals surface area contributed by atoms with Crippen molar-refractivity contribution in [3.05, 3.63) is 64.6 Å². The molecule has 33 heavy (non-hydrogen) atoms. The Hall–Kier alpha value is -2.35. The minimum absolute atomic E-state index is 0.0485. The van der Waals surface area contributed by atoms with Gasteiger partial charge in [0.05, 0.1) is 21.7 Å². The molecule has 1 heterocycles. The first-order valence-electron chi connectivity index (χ1n) is 9.16. The number of rotatable bonds is 9. The van der Waals surface area contributed by atoms with E-state index in [1.54, 1.807) is 0 Å². The molecule has 2 aromatic carbocycles. The van der Waals surface area contributed by atoms with Crippen LogP contribution < -0.4 is 9.46 Å². The molecule has 14 heteroatoms. The van der Waals surface area contributed by atoms with Crippen molar-refractivity contribution in [3.8, 4) is 5.75 Å². The number of halogens is 4. The molecule has 0 atom stereocenters. The monoisotopic (exact) mass is 540 g/mol. The van der Waals surface area contributed by atoms with E-state index in [0.717, 1.165) is 23.5 Å². The van der Waals surface area contributed by atoms with E-state index in [9.17, 15) is 30.0 Å². The fourth-order valence-corrected chi connectivity index (χ4v) is 6.11. The quantitative estimate of drug-likeness (QED) is 0.414. The maximum Gasteiger partial charge on any atom is 0.573 e. The van der Waals surface area contributed by atoms with Crippen molar-refractivity contribution in [2.75, 3.05) is 10.5 Å². The van der Waals surface area contributed by atoms with Crippen LogP contribution >= 0.6 is 22.9 Å². The molecule has 1 N–H and O–H groups in total. The van der Waals surface area contributed by atoms with Gasteiger partial charge in [0, 0.05) is 0 Å². The van der Waals surface area contributed by atoms with Gasteiger partial charge in [0.25, 0.3) is 10.0 Å². The van der Waals surface area contributed by atoms with Crippen molar-refractivity contribution in [2.24, 2.45) is 0 Å². The van der Waals surface area contributed by atoms with Crippen LogP contribution in [-0.2, 0) is 26.3 Å².